The fourth-order valence-corrected chi connectivity index (χ4v) is 3.56. The standard InChI is InChI=1S/C17H21ClN2O/c1-21-16-7-3-6-15-14(16)8-9-19-17(15)20-11-12-4-2-5-13(18)10-12/h3,6-9,12-13H,2,4-5,10-11H2,1H3,(H,19,20). The van der Waals surface area contributed by atoms with Gasteiger partial charge in [-0.05, 0) is 37.3 Å². The van der Waals surface area contributed by atoms with E-state index in [4.69, 9.17) is 16.3 Å². The highest BCUT2D eigenvalue weighted by molar-refractivity contribution is 6.20. The third kappa shape index (κ3) is 3.24. The van der Waals surface area contributed by atoms with E-state index in [9.17, 15) is 0 Å². The summed E-state index contributed by atoms with van der Waals surface area (Å²) in [6, 6.07) is 8.06. The van der Waals surface area contributed by atoms with Crippen LogP contribution in [-0.4, -0.2) is 24.0 Å². The average Bonchev–Trinajstić information content (AvgIpc) is 2.52. The number of benzene rings is 1. The summed E-state index contributed by atoms with van der Waals surface area (Å²) in [5.41, 5.74) is 0. The van der Waals surface area contributed by atoms with Crippen LogP contribution in [-0.2, 0) is 0 Å². The van der Waals surface area contributed by atoms with Gasteiger partial charge in [-0.1, -0.05) is 18.6 Å². The molecule has 1 aromatic carbocycles. The molecule has 1 fully saturated rings. The van der Waals surface area contributed by atoms with Gasteiger partial charge in [0.05, 0.1) is 7.11 Å². The lowest BCUT2D eigenvalue weighted by atomic mass is 9.89. The molecule has 0 spiro atoms. The SMILES string of the molecule is COc1cccc2c(NCC3CCCC(Cl)C3)nccc12. The van der Waals surface area contributed by atoms with Crippen molar-refractivity contribution in [2.24, 2.45) is 5.92 Å². The Morgan fingerprint density at radius 2 is 2.19 bits per heavy atom. The molecule has 0 radical (unpaired) electrons. The van der Waals surface area contributed by atoms with E-state index in [2.05, 4.69) is 16.4 Å². The van der Waals surface area contributed by atoms with E-state index in [1.54, 1.807) is 7.11 Å². The molecular weight excluding hydrogens is 284 g/mol. The highest BCUT2D eigenvalue weighted by Crippen LogP contribution is 2.31. The summed E-state index contributed by atoms with van der Waals surface area (Å²) in [4.78, 5) is 4.49. The van der Waals surface area contributed by atoms with Gasteiger partial charge in [0.2, 0.25) is 0 Å². The molecule has 1 aliphatic carbocycles. The lowest BCUT2D eigenvalue weighted by Gasteiger charge is -2.25. The van der Waals surface area contributed by atoms with Crippen LogP contribution in [0.4, 0.5) is 5.82 Å². The van der Waals surface area contributed by atoms with Crippen molar-refractivity contribution in [2.45, 2.75) is 31.1 Å². The molecule has 1 saturated carbocycles. The van der Waals surface area contributed by atoms with Crippen LogP contribution in [0.2, 0.25) is 0 Å². The van der Waals surface area contributed by atoms with Crippen molar-refractivity contribution >= 4 is 28.2 Å². The quantitative estimate of drug-likeness (QED) is 0.847. The second-order valence-electron chi connectivity index (χ2n) is 5.73. The maximum atomic E-state index is 6.27. The van der Waals surface area contributed by atoms with Crippen LogP contribution in [0.5, 0.6) is 5.75 Å². The van der Waals surface area contributed by atoms with Crippen LogP contribution < -0.4 is 10.1 Å². The number of hydrogen-bond acceptors (Lipinski definition) is 3. The molecule has 1 aromatic heterocycles. The molecule has 1 heterocycles. The lowest BCUT2D eigenvalue weighted by Crippen LogP contribution is -2.22. The molecule has 0 bridgehead atoms. The van der Waals surface area contributed by atoms with Gasteiger partial charge in [-0.2, -0.15) is 0 Å². The van der Waals surface area contributed by atoms with Gasteiger partial charge in [0.25, 0.3) is 0 Å². The first kappa shape index (κ1) is 14.5. The maximum absolute atomic E-state index is 6.27. The number of nitrogens with one attached hydrogen (secondary N) is 1. The highest BCUT2D eigenvalue weighted by atomic mass is 35.5. The molecule has 2 aromatic rings. The largest absolute Gasteiger partial charge is 0.496 e. The normalized spacial score (nSPS) is 22.2. The second-order valence-corrected chi connectivity index (χ2v) is 6.34. The molecular formula is C17H21ClN2O. The smallest absolute Gasteiger partial charge is 0.133 e. The van der Waals surface area contributed by atoms with Crippen molar-refractivity contribution in [1.29, 1.82) is 0 Å². The van der Waals surface area contributed by atoms with Gasteiger partial charge in [-0.25, -0.2) is 4.98 Å². The molecule has 2 unspecified atom stereocenters. The number of pyridine rings is 1. The Morgan fingerprint density at radius 3 is 3.00 bits per heavy atom. The molecule has 1 N–H and O–H groups in total. The van der Waals surface area contributed by atoms with E-state index in [0.717, 1.165) is 41.7 Å². The van der Waals surface area contributed by atoms with Crippen LogP contribution in [0.3, 0.4) is 0 Å². The third-order valence-corrected chi connectivity index (χ3v) is 4.66. The topological polar surface area (TPSA) is 34.1 Å². The molecule has 3 nitrogen and oxygen atoms in total. The fraction of sp³-hybridized carbons (Fsp3) is 0.471. The van der Waals surface area contributed by atoms with Crippen molar-refractivity contribution in [1.82, 2.24) is 4.98 Å². The van der Waals surface area contributed by atoms with Crippen molar-refractivity contribution in [3.05, 3.63) is 30.5 Å². The van der Waals surface area contributed by atoms with Gasteiger partial charge in [-0.15, -0.1) is 11.6 Å². The van der Waals surface area contributed by atoms with E-state index in [1.807, 2.05) is 24.4 Å². The first-order chi connectivity index (χ1) is 10.3. The monoisotopic (exact) mass is 304 g/mol. The van der Waals surface area contributed by atoms with Gasteiger partial charge in [-0.3, -0.25) is 0 Å². The second kappa shape index (κ2) is 6.52. The summed E-state index contributed by atoms with van der Waals surface area (Å²) in [6.45, 7) is 0.937. The number of hydrogen-bond donors (Lipinski definition) is 1. The van der Waals surface area contributed by atoms with Gasteiger partial charge in [0.15, 0.2) is 0 Å². The molecule has 3 rings (SSSR count). The van der Waals surface area contributed by atoms with E-state index >= 15 is 0 Å². The predicted molar refractivity (Wildman–Crippen MR) is 88.4 cm³/mol. The number of anilines is 1. The number of nitrogens with zero attached hydrogens (tertiary/aromatic N) is 1. The summed E-state index contributed by atoms with van der Waals surface area (Å²) >= 11 is 6.27. The summed E-state index contributed by atoms with van der Waals surface area (Å²) < 4.78 is 5.42. The zero-order chi connectivity index (χ0) is 14.7. The molecule has 1 aliphatic rings. The molecule has 4 heteroatoms. The first-order valence-electron chi connectivity index (χ1n) is 7.57. The Hall–Kier alpha value is -1.48. The lowest BCUT2D eigenvalue weighted by molar-refractivity contribution is 0.378. The molecule has 112 valence electrons. The molecule has 2 atom stereocenters. The summed E-state index contributed by atoms with van der Waals surface area (Å²) in [7, 11) is 1.70. The number of halogens is 1. The Bertz CT molecular complexity index is 617. The highest BCUT2D eigenvalue weighted by Gasteiger charge is 2.20. The number of ether oxygens (including phenoxy) is 1. The Labute approximate surface area is 130 Å². The number of rotatable bonds is 4. The summed E-state index contributed by atoms with van der Waals surface area (Å²) in [5.74, 6) is 2.46. The Morgan fingerprint density at radius 1 is 1.29 bits per heavy atom. The molecule has 0 saturated heterocycles. The van der Waals surface area contributed by atoms with E-state index in [1.165, 1.54) is 12.8 Å². The van der Waals surface area contributed by atoms with Gasteiger partial charge in [0.1, 0.15) is 11.6 Å². The van der Waals surface area contributed by atoms with Crippen LogP contribution in [0.1, 0.15) is 25.7 Å². The van der Waals surface area contributed by atoms with Gasteiger partial charge in [0, 0.05) is 28.9 Å². The third-order valence-electron chi connectivity index (χ3n) is 4.26. The first-order valence-corrected chi connectivity index (χ1v) is 8.01. The van der Waals surface area contributed by atoms with E-state index < -0.39 is 0 Å². The van der Waals surface area contributed by atoms with Crippen molar-refractivity contribution < 1.29 is 4.74 Å². The molecule has 0 aliphatic heterocycles. The minimum Gasteiger partial charge on any atom is -0.496 e. The van der Waals surface area contributed by atoms with Crippen LogP contribution in [0.25, 0.3) is 10.8 Å². The Balaban J connectivity index is 1.78. The molecule has 21 heavy (non-hydrogen) atoms. The van der Waals surface area contributed by atoms with E-state index in [-0.39, 0.29) is 0 Å². The van der Waals surface area contributed by atoms with Gasteiger partial charge >= 0.3 is 0 Å². The van der Waals surface area contributed by atoms with Gasteiger partial charge < -0.3 is 10.1 Å². The molecule has 0 amide bonds. The zero-order valence-corrected chi connectivity index (χ0v) is 13.1. The zero-order valence-electron chi connectivity index (χ0n) is 12.3. The fourth-order valence-electron chi connectivity index (χ4n) is 3.15. The predicted octanol–water partition coefficient (Wildman–Crippen LogP) is 4.45. The minimum atomic E-state index is 0.339. The number of alkyl halides is 1. The summed E-state index contributed by atoms with van der Waals surface area (Å²) in [6.07, 6.45) is 6.57. The number of methoxy groups -OCH3 is 1. The van der Waals surface area contributed by atoms with Crippen molar-refractivity contribution in [2.75, 3.05) is 19.0 Å². The Kier molecular flexibility index (Phi) is 4.49. The number of fused-ring (bicyclic) bond motifs is 1. The van der Waals surface area contributed by atoms with Crippen LogP contribution >= 0.6 is 11.6 Å². The van der Waals surface area contributed by atoms with Crippen molar-refractivity contribution in [3.8, 4) is 5.75 Å². The summed E-state index contributed by atoms with van der Waals surface area (Å²) in [5, 5.41) is 6.04. The average molecular weight is 305 g/mol. The van der Waals surface area contributed by atoms with Crippen LogP contribution in [0.15, 0.2) is 30.5 Å². The minimum absolute atomic E-state index is 0.339. The maximum Gasteiger partial charge on any atom is 0.133 e. The van der Waals surface area contributed by atoms with Crippen molar-refractivity contribution in [3.63, 3.8) is 0 Å². The number of aromatic nitrogens is 1. The van der Waals surface area contributed by atoms with Crippen LogP contribution in [0, 0.1) is 5.92 Å². The van der Waals surface area contributed by atoms with E-state index in [0.29, 0.717) is 11.3 Å².